The predicted octanol–water partition coefficient (Wildman–Crippen LogP) is 2.07. The molecule has 0 saturated carbocycles. The summed E-state index contributed by atoms with van der Waals surface area (Å²) in [7, 11) is 1.86. The molecule has 2 aliphatic heterocycles. The summed E-state index contributed by atoms with van der Waals surface area (Å²) in [6.07, 6.45) is 2.37. The maximum atomic E-state index is 13.2. The third-order valence-corrected chi connectivity index (χ3v) is 5.90. The number of hydrogen-bond acceptors (Lipinski definition) is 7. The summed E-state index contributed by atoms with van der Waals surface area (Å²) >= 11 is 0. The summed E-state index contributed by atoms with van der Waals surface area (Å²) in [4.78, 5) is 17.3. The maximum absolute atomic E-state index is 13.2. The molecule has 1 amide bonds. The lowest BCUT2D eigenvalue weighted by Crippen LogP contribution is -2.34. The highest BCUT2D eigenvalue weighted by molar-refractivity contribution is 6.06. The third-order valence-electron chi connectivity index (χ3n) is 5.90. The van der Waals surface area contributed by atoms with Gasteiger partial charge < -0.3 is 15.1 Å². The lowest BCUT2D eigenvalue weighted by atomic mass is 10.0. The molecule has 150 valence electrons. The van der Waals surface area contributed by atoms with Crippen molar-refractivity contribution in [2.24, 2.45) is 0 Å². The first-order valence-electron chi connectivity index (χ1n) is 9.81. The van der Waals surface area contributed by atoms with Crippen molar-refractivity contribution in [1.29, 1.82) is 0 Å². The lowest BCUT2D eigenvalue weighted by molar-refractivity contribution is -0.113. The van der Waals surface area contributed by atoms with Crippen LogP contribution in [-0.2, 0) is 4.79 Å². The molecule has 1 fully saturated rings. The van der Waals surface area contributed by atoms with Crippen LogP contribution in [0.2, 0.25) is 0 Å². The summed E-state index contributed by atoms with van der Waals surface area (Å²) in [5, 5.41) is 23.5. The van der Waals surface area contributed by atoms with Gasteiger partial charge in [-0.05, 0) is 55.3 Å². The minimum Gasteiger partial charge on any atom is -0.355 e. The first-order chi connectivity index (χ1) is 14.0. The molecule has 2 N–H and O–H groups in total. The van der Waals surface area contributed by atoms with Gasteiger partial charge in [0, 0.05) is 36.9 Å². The lowest BCUT2D eigenvalue weighted by Gasteiger charge is -2.30. The van der Waals surface area contributed by atoms with Gasteiger partial charge in [0.2, 0.25) is 5.95 Å². The van der Waals surface area contributed by atoms with Gasteiger partial charge >= 0.3 is 0 Å². The monoisotopic (exact) mass is 393 g/mol. The highest BCUT2D eigenvalue weighted by Gasteiger charge is 2.32. The topological polar surface area (TPSA) is 108 Å². The van der Waals surface area contributed by atoms with E-state index >= 15 is 0 Å². The molecule has 1 saturated heterocycles. The number of aromatic nitrogens is 6. The Morgan fingerprint density at radius 3 is 2.86 bits per heavy atom. The van der Waals surface area contributed by atoms with Gasteiger partial charge in [-0.2, -0.15) is 5.10 Å². The summed E-state index contributed by atoms with van der Waals surface area (Å²) < 4.78 is 1.66. The average molecular weight is 393 g/mol. The smallest absolute Gasteiger partial charge is 0.255 e. The molecule has 0 bridgehead atoms. The molecule has 10 nitrogen and oxygen atoms in total. The first-order valence-corrected chi connectivity index (χ1v) is 9.81. The number of nitrogens with one attached hydrogen (secondary N) is 2. The van der Waals surface area contributed by atoms with E-state index in [1.165, 1.54) is 12.8 Å². The van der Waals surface area contributed by atoms with Gasteiger partial charge in [-0.25, -0.2) is 4.68 Å². The zero-order valence-electron chi connectivity index (χ0n) is 16.7. The second-order valence-electron chi connectivity index (χ2n) is 7.61. The fourth-order valence-corrected chi connectivity index (χ4v) is 4.22. The van der Waals surface area contributed by atoms with Gasteiger partial charge in [-0.15, -0.1) is 0 Å². The van der Waals surface area contributed by atoms with Crippen molar-refractivity contribution in [2.45, 2.75) is 32.7 Å². The van der Waals surface area contributed by atoms with Gasteiger partial charge in [-0.1, -0.05) is 5.10 Å². The Morgan fingerprint density at radius 2 is 2.07 bits per heavy atom. The zero-order chi connectivity index (χ0) is 20.1. The fraction of sp³-hybridized carbons (Fsp3) is 0.421. The van der Waals surface area contributed by atoms with Gasteiger partial charge in [0.25, 0.3) is 5.91 Å². The van der Waals surface area contributed by atoms with Crippen molar-refractivity contribution in [3.05, 3.63) is 29.5 Å². The number of carbonyl (C=O) groups excluding carboxylic acids is 1. The minimum absolute atomic E-state index is 0.159. The summed E-state index contributed by atoms with van der Waals surface area (Å²) in [6.45, 7) is 5.87. The van der Waals surface area contributed by atoms with E-state index in [0.29, 0.717) is 11.5 Å². The van der Waals surface area contributed by atoms with Crippen molar-refractivity contribution in [1.82, 2.24) is 30.4 Å². The summed E-state index contributed by atoms with van der Waals surface area (Å²) in [5.74, 6) is 1.42. The van der Waals surface area contributed by atoms with Crippen LogP contribution >= 0.6 is 0 Å². The van der Waals surface area contributed by atoms with E-state index in [0.717, 1.165) is 41.2 Å². The Bertz CT molecular complexity index is 1120. The van der Waals surface area contributed by atoms with Crippen molar-refractivity contribution in [2.75, 3.05) is 35.3 Å². The number of anilines is 3. The van der Waals surface area contributed by atoms with Gasteiger partial charge in [0.15, 0.2) is 5.82 Å². The van der Waals surface area contributed by atoms with Gasteiger partial charge in [0.1, 0.15) is 0 Å². The van der Waals surface area contributed by atoms with Crippen LogP contribution in [0, 0.1) is 0 Å². The Hall–Kier alpha value is -3.43. The molecular formula is C19H23N9O. The summed E-state index contributed by atoms with van der Waals surface area (Å²) in [5.41, 5.74) is 3.17. The molecule has 5 rings (SSSR count). The number of fused-ring (bicyclic) bond motifs is 2. The predicted molar refractivity (Wildman–Crippen MR) is 110 cm³/mol. The highest BCUT2D eigenvalue weighted by atomic mass is 16.1. The van der Waals surface area contributed by atoms with E-state index in [4.69, 9.17) is 0 Å². The minimum atomic E-state index is -0.256. The normalized spacial score (nSPS) is 19.2. The molecule has 3 aromatic rings. The number of aromatic amines is 1. The number of H-pyrrole nitrogens is 1. The van der Waals surface area contributed by atoms with E-state index in [1.54, 1.807) is 4.68 Å². The molecule has 2 aromatic heterocycles. The third kappa shape index (κ3) is 2.74. The molecule has 1 atom stereocenters. The molecule has 29 heavy (non-hydrogen) atoms. The van der Waals surface area contributed by atoms with Crippen molar-refractivity contribution < 1.29 is 4.79 Å². The van der Waals surface area contributed by atoms with Crippen LogP contribution in [0.15, 0.2) is 29.5 Å². The van der Waals surface area contributed by atoms with E-state index in [9.17, 15) is 4.79 Å². The van der Waals surface area contributed by atoms with Crippen LogP contribution in [-0.4, -0.2) is 56.4 Å². The number of tetrazole rings is 1. The van der Waals surface area contributed by atoms with Crippen LogP contribution in [0.25, 0.3) is 10.9 Å². The van der Waals surface area contributed by atoms with E-state index in [2.05, 4.69) is 35.9 Å². The van der Waals surface area contributed by atoms with Crippen LogP contribution in [0.5, 0.6) is 0 Å². The largest absolute Gasteiger partial charge is 0.355 e. The fourth-order valence-electron chi connectivity index (χ4n) is 4.22. The molecule has 0 aliphatic carbocycles. The molecule has 2 aliphatic rings. The number of hydrogen-bond donors (Lipinski definition) is 2. The number of amides is 1. The van der Waals surface area contributed by atoms with Crippen LogP contribution in [0.1, 0.15) is 32.7 Å². The highest BCUT2D eigenvalue weighted by Crippen LogP contribution is 2.33. The van der Waals surface area contributed by atoms with E-state index < -0.39 is 0 Å². The number of allylic oxidation sites excluding steroid dienone is 1. The van der Waals surface area contributed by atoms with Crippen molar-refractivity contribution in [3.8, 4) is 0 Å². The van der Waals surface area contributed by atoms with Gasteiger partial charge in [0.05, 0.1) is 17.1 Å². The number of carbonyl (C=O) groups is 1. The Kier molecular flexibility index (Phi) is 4.00. The van der Waals surface area contributed by atoms with Gasteiger partial charge in [-0.3, -0.25) is 9.89 Å². The number of benzene rings is 1. The van der Waals surface area contributed by atoms with Crippen LogP contribution < -0.4 is 15.1 Å². The number of rotatable bonds is 3. The summed E-state index contributed by atoms with van der Waals surface area (Å²) in [6, 6.07) is 5.57. The Morgan fingerprint density at radius 1 is 1.28 bits per heavy atom. The Labute approximate surface area is 167 Å². The molecule has 1 aromatic carbocycles. The van der Waals surface area contributed by atoms with Crippen molar-refractivity contribution >= 4 is 34.3 Å². The molecule has 0 unspecified atom stereocenters. The van der Waals surface area contributed by atoms with E-state index in [-0.39, 0.29) is 11.9 Å². The maximum Gasteiger partial charge on any atom is 0.255 e. The van der Waals surface area contributed by atoms with Crippen LogP contribution in [0.4, 0.5) is 17.5 Å². The molecule has 10 heteroatoms. The standard InChI is InChI=1S/C19H23N9O/c1-11-16(12(2)28-19(26(11)3)23-24-25-28)18(29)20-13-6-7-15-14(10-13)17(22-21-15)27-8-4-5-9-27/h6-7,10,12H,4-5,8-9H2,1-3H3,(H,20,29)(H,21,22)/t12-/m1/s1. The molecule has 0 spiro atoms. The molecular weight excluding hydrogens is 370 g/mol. The average Bonchev–Trinajstić information content (AvgIpc) is 3.45. The number of nitrogens with zero attached hydrogens (tertiary/aromatic N) is 7. The molecule has 4 heterocycles. The molecule has 0 radical (unpaired) electrons. The second kappa shape index (κ2) is 6.57. The van der Waals surface area contributed by atoms with Crippen molar-refractivity contribution in [3.63, 3.8) is 0 Å². The van der Waals surface area contributed by atoms with E-state index in [1.807, 2.05) is 44.0 Å². The quantitative estimate of drug-likeness (QED) is 0.701. The first kappa shape index (κ1) is 17.7. The Balaban J connectivity index is 1.45. The zero-order valence-corrected chi connectivity index (χ0v) is 16.7. The SMILES string of the molecule is CC1=C(C(=O)Nc2ccc3[nH]nc(N4CCCC4)c3c2)[C@@H](C)n2nnnc2N1C. The second-order valence-corrected chi connectivity index (χ2v) is 7.61. The van der Waals surface area contributed by atoms with Crippen LogP contribution in [0.3, 0.4) is 0 Å².